The van der Waals surface area contributed by atoms with Crippen LogP contribution in [-0.2, 0) is 0 Å². The van der Waals surface area contributed by atoms with Crippen molar-refractivity contribution in [2.45, 2.75) is 24.8 Å². The summed E-state index contributed by atoms with van der Waals surface area (Å²) in [6.45, 7) is 5.55. The summed E-state index contributed by atoms with van der Waals surface area (Å²) >= 11 is 0. The van der Waals surface area contributed by atoms with Crippen LogP contribution < -0.4 is 11.1 Å². The SMILES string of the molecule is NCC1(N2CCCCC2)CNC1. The second kappa shape index (κ2) is 3.32. The summed E-state index contributed by atoms with van der Waals surface area (Å²) in [6, 6.07) is 0. The fraction of sp³-hybridized carbons (Fsp3) is 1.00. The molecule has 0 spiro atoms. The van der Waals surface area contributed by atoms with Gasteiger partial charge in [-0.05, 0) is 25.9 Å². The number of piperidine rings is 1. The van der Waals surface area contributed by atoms with Gasteiger partial charge in [0.1, 0.15) is 0 Å². The first-order chi connectivity index (χ1) is 5.87. The molecule has 0 aromatic rings. The van der Waals surface area contributed by atoms with Gasteiger partial charge >= 0.3 is 0 Å². The fourth-order valence-corrected chi connectivity index (χ4v) is 2.28. The molecule has 70 valence electrons. The zero-order chi connectivity index (χ0) is 8.44. The summed E-state index contributed by atoms with van der Waals surface area (Å²) < 4.78 is 0. The largest absolute Gasteiger partial charge is 0.329 e. The third-order valence-electron chi connectivity index (χ3n) is 3.31. The standard InChI is InChI=1S/C9H19N3/c10-6-9(7-11-8-9)12-4-2-1-3-5-12/h11H,1-8,10H2. The Labute approximate surface area is 74.3 Å². The van der Waals surface area contributed by atoms with Gasteiger partial charge in [-0.25, -0.2) is 0 Å². The first-order valence-corrected chi connectivity index (χ1v) is 5.03. The molecule has 2 aliphatic heterocycles. The predicted molar refractivity (Wildman–Crippen MR) is 50.1 cm³/mol. The minimum atomic E-state index is 0.334. The molecular formula is C9H19N3. The molecule has 2 fully saturated rings. The van der Waals surface area contributed by atoms with Crippen molar-refractivity contribution in [2.75, 3.05) is 32.7 Å². The van der Waals surface area contributed by atoms with Crippen molar-refractivity contribution >= 4 is 0 Å². The van der Waals surface area contributed by atoms with E-state index in [1.807, 2.05) is 0 Å². The van der Waals surface area contributed by atoms with Gasteiger partial charge in [-0.3, -0.25) is 4.90 Å². The van der Waals surface area contributed by atoms with Crippen LogP contribution in [0.2, 0.25) is 0 Å². The lowest BCUT2D eigenvalue weighted by atomic mass is 9.88. The van der Waals surface area contributed by atoms with Crippen molar-refractivity contribution in [3.63, 3.8) is 0 Å². The Morgan fingerprint density at radius 3 is 2.25 bits per heavy atom. The average molecular weight is 169 g/mol. The second-order valence-electron chi connectivity index (χ2n) is 4.08. The minimum absolute atomic E-state index is 0.334. The monoisotopic (exact) mass is 169 g/mol. The van der Waals surface area contributed by atoms with Crippen LogP contribution in [0, 0.1) is 0 Å². The van der Waals surface area contributed by atoms with Crippen LogP contribution in [0.25, 0.3) is 0 Å². The Morgan fingerprint density at radius 1 is 1.17 bits per heavy atom. The lowest BCUT2D eigenvalue weighted by Crippen LogP contribution is -2.72. The van der Waals surface area contributed by atoms with Crippen LogP contribution in [0.1, 0.15) is 19.3 Å². The van der Waals surface area contributed by atoms with Gasteiger partial charge in [0.25, 0.3) is 0 Å². The van der Waals surface area contributed by atoms with E-state index in [0.717, 1.165) is 19.6 Å². The Kier molecular flexibility index (Phi) is 2.35. The Morgan fingerprint density at radius 2 is 1.83 bits per heavy atom. The molecule has 2 aliphatic rings. The van der Waals surface area contributed by atoms with Gasteiger partial charge in [0.2, 0.25) is 0 Å². The highest BCUT2D eigenvalue weighted by atomic mass is 15.3. The van der Waals surface area contributed by atoms with E-state index in [4.69, 9.17) is 5.73 Å². The van der Waals surface area contributed by atoms with Crippen LogP contribution in [-0.4, -0.2) is 43.2 Å². The van der Waals surface area contributed by atoms with Crippen molar-refractivity contribution in [3.05, 3.63) is 0 Å². The van der Waals surface area contributed by atoms with Crippen molar-refractivity contribution in [2.24, 2.45) is 5.73 Å². The molecule has 0 aromatic carbocycles. The summed E-state index contributed by atoms with van der Waals surface area (Å²) in [5, 5.41) is 3.33. The summed E-state index contributed by atoms with van der Waals surface area (Å²) in [5.41, 5.74) is 6.15. The number of nitrogens with one attached hydrogen (secondary N) is 1. The molecule has 2 saturated heterocycles. The van der Waals surface area contributed by atoms with E-state index < -0.39 is 0 Å². The molecule has 0 bridgehead atoms. The molecule has 2 heterocycles. The second-order valence-corrected chi connectivity index (χ2v) is 4.08. The molecule has 2 rings (SSSR count). The van der Waals surface area contributed by atoms with Crippen LogP contribution in [0.3, 0.4) is 0 Å². The molecule has 3 nitrogen and oxygen atoms in total. The van der Waals surface area contributed by atoms with E-state index in [9.17, 15) is 0 Å². The summed E-state index contributed by atoms with van der Waals surface area (Å²) in [5.74, 6) is 0. The minimum Gasteiger partial charge on any atom is -0.329 e. The highest BCUT2D eigenvalue weighted by Crippen LogP contribution is 2.23. The van der Waals surface area contributed by atoms with Gasteiger partial charge < -0.3 is 11.1 Å². The smallest absolute Gasteiger partial charge is 0.0581 e. The number of nitrogens with zero attached hydrogens (tertiary/aromatic N) is 1. The lowest BCUT2D eigenvalue weighted by molar-refractivity contribution is 0.0291. The quantitative estimate of drug-likeness (QED) is 0.600. The van der Waals surface area contributed by atoms with E-state index in [2.05, 4.69) is 10.2 Å². The van der Waals surface area contributed by atoms with E-state index >= 15 is 0 Å². The molecule has 0 aromatic heterocycles. The zero-order valence-electron chi connectivity index (χ0n) is 7.68. The van der Waals surface area contributed by atoms with E-state index in [-0.39, 0.29) is 0 Å². The van der Waals surface area contributed by atoms with Crippen LogP contribution in [0.15, 0.2) is 0 Å². The number of hydrogen-bond acceptors (Lipinski definition) is 3. The highest BCUT2D eigenvalue weighted by molar-refractivity contribution is 5.03. The molecule has 3 heteroatoms. The first-order valence-electron chi connectivity index (χ1n) is 5.03. The molecular weight excluding hydrogens is 150 g/mol. The highest BCUT2D eigenvalue weighted by Gasteiger charge is 2.41. The van der Waals surface area contributed by atoms with Gasteiger partial charge in [0.05, 0.1) is 5.54 Å². The van der Waals surface area contributed by atoms with Gasteiger partial charge in [0, 0.05) is 19.6 Å². The molecule has 0 atom stereocenters. The van der Waals surface area contributed by atoms with Crippen LogP contribution in [0.4, 0.5) is 0 Å². The average Bonchev–Trinajstić information content (AvgIpc) is 2.05. The topological polar surface area (TPSA) is 41.3 Å². The van der Waals surface area contributed by atoms with E-state index in [0.29, 0.717) is 5.54 Å². The summed E-state index contributed by atoms with van der Waals surface area (Å²) in [7, 11) is 0. The Hall–Kier alpha value is -0.120. The summed E-state index contributed by atoms with van der Waals surface area (Å²) in [4.78, 5) is 2.59. The number of nitrogens with two attached hydrogens (primary N) is 1. The number of likely N-dealkylation sites (tertiary alicyclic amines) is 1. The van der Waals surface area contributed by atoms with Crippen molar-refractivity contribution in [1.29, 1.82) is 0 Å². The maximum Gasteiger partial charge on any atom is 0.0581 e. The molecule has 12 heavy (non-hydrogen) atoms. The summed E-state index contributed by atoms with van der Waals surface area (Å²) in [6.07, 6.45) is 4.13. The van der Waals surface area contributed by atoms with Crippen LogP contribution >= 0.6 is 0 Å². The van der Waals surface area contributed by atoms with Gasteiger partial charge in [-0.2, -0.15) is 0 Å². The van der Waals surface area contributed by atoms with Gasteiger partial charge in [0.15, 0.2) is 0 Å². The molecule has 0 aliphatic carbocycles. The maximum atomic E-state index is 5.82. The predicted octanol–water partition coefficient (Wildman–Crippen LogP) is -0.227. The number of hydrogen-bond donors (Lipinski definition) is 2. The molecule has 3 N–H and O–H groups in total. The third kappa shape index (κ3) is 1.26. The first kappa shape index (κ1) is 8.48. The van der Waals surface area contributed by atoms with Crippen molar-refractivity contribution < 1.29 is 0 Å². The van der Waals surface area contributed by atoms with Crippen molar-refractivity contribution in [1.82, 2.24) is 10.2 Å². The van der Waals surface area contributed by atoms with Crippen LogP contribution in [0.5, 0.6) is 0 Å². The van der Waals surface area contributed by atoms with Crippen molar-refractivity contribution in [3.8, 4) is 0 Å². The van der Waals surface area contributed by atoms with E-state index in [1.54, 1.807) is 0 Å². The van der Waals surface area contributed by atoms with Gasteiger partial charge in [-0.1, -0.05) is 6.42 Å². The fourth-order valence-electron chi connectivity index (χ4n) is 2.28. The normalized spacial score (nSPS) is 29.8. The molecule has 0 saturated carbocycles. The Bertz CT molecular complexity index is 142. The van der Waals surface area contributed by atoms with E-state index in [1.165, 1.54) is 32.4 Å². The Balaban J connectivity index is 1.95. The number of rotatable bonds is 2. The molecule has 0 radical (unpaired) electrons. The molecule has 0 unspecified atom stereocenters. The maximum absolute atomic E-state index is 5.82. The zero-order valence-corrected chi connectivity index (χ0v) is 7.68. The van der Waals surface area contributed by atoms with Gasteiger partial charge in [-0.15, -0.1) is 0 Å². The lowest BCUT2D eigenvalue weighted by Gasteiger charge is -2.51. The molecule has 0 amide bonds. The third-order valence-corrected chi connectivity index (χ3v) is 3.31.